The fourth-order valence-corrected chi connectivity index (χ4v) is 2.54. The number of aliphatic carboxylic acids is 1. The van der Waals surface area contributed by atoms with Crippen LogP contribution in [-0.4, -0.2) is 36.4 Å². The molecule has 0 aliphatic rings. The monoisotopic (exact) mass is 420 g/mol. The van der Waals surface area contributed by atoms with Crippen LogP contribution in [0.5, 0.6) is 11.5 Å². The number of rotatable bonds is 8. The average molecular weight is 421 g/mol. The minimum absolute atomic E-state index is 0.198. The summed E-state index contributed by atoms with van der Waals surface area (Å²) in [6.45, 7) is 1.29. The van der Waals surface area contributed by atoms with E-state index in [9.17, 15) is 9.59 Å². The molecule has 0 saturated heterocycles. The van der Waals surface area contributed by atoms with Crippen LogP contribution in [0.4, 0.5) is 0 Å². The lowest BCUT2D eigenvalue weighted by Gasteiger charge is -2.08. The van der Waals surface area contributed by atoms with E-state index in [0.29, 0.717) is 17.1 Å². The standard InChI is InChI=1S/C18H17BrN2O5/c1-12-6-7-16(14(19)8-12)25-10-17(22)21-20-9-13-4-2-3-5-15(13)26-11-18(23)24/h2-9H,10-11H2,1H3,(H,21,22)(H,23,24)/b20-9-. The Morgan fingerprint density at radius 2 is 1.88 bits per heavy atom. The van der Waals surface area contributed by atoms with Crippen molar-refractivity contribution in [3.63, 3.8) is 0 Å². The second-order valence-electron chi connectivity index (χ2n) is 5.24. The number of carboxylic acid groups (broad SMARTS) is 1. The van der Waals surface area contributed by atoms with Gasteiger partial charge in [0.25, 0.3) is 5.91 Å². The van der Waals surface area contributed by atoms with Crippen LogP contribution in [0.3, 0.4) is 0 Å². The molecule has 2 N–H and O–H groups in total. The van der Waals surface area contributed by atoms with Gasteiger partial charge in [0, 0.05) is 5.56 Å². The summed E-state index contributed by atoms with van der Waals surface area (Å²) in [4.78, 5) is 22.4. The van der Waals surface area contributed by atoms with E-state index in [-0.39, 0.29) is 6.61 Å². The SMILES string of the molecule is Cc1ccc(OCC(=O)N/N=C\c2ccccc2OCC(=O)O)c(Br)c1. The van der Waals surface area contributed by atoms with Gasteiger partial charge in [0.15, 0.2) is 13.2 Å². The first-order chi connectivity index (χ1) is 12.5. The Morgan fingerprint density at radius 3 is 2.62 bits per heavy atom. The molecular weight excluding hydrogens is 404 g/mol. The van der Waals surface area contributed by atoms with E-state index in [0.717, 1.165) is 10.0 Å². The molecule has 0 bridgehead atoms. The number of aryl methyl sites for hydroxylation is 1. The lowest BCUT2D eigenvalue weighted by molar-refractivity contribution is -0.139. The number of hydrazone groups is 1. The number of carbonyl (C=O) groups is 2. The van der Waals surface area contributed by atoms with E-state index >= 15 is 0 Å². The molecule has 0 heterocycles. The Morgan fingerprint density at radius 1 is 1.15 bits per heavy atom. The van der Waals surface area contributed by atoms with Crippen molar-refractivity contribution < 1.29 is 24.2 Å². The van der Waals surface area contributed by atoms with Gasteiger partial charge in [-0.2, -0.15) is 5.10 Å². The predicted octanol–water partition coefficient (Wildman–Crippen LogP) is 2.75. The number of halogens is 1. The van der Waals surface area contributed by atoms with E-state index in [4.69, 9.17) is 14.6 Å². The molecule has 7 nitrogen and oxygen atoms in total. The van der Waals surface area contributed by atoms with Crippen molar-refractivity contribution in [2.24, 2.45) is 5.10 Å². The highest BCUT2D eigenvalue weighted by Gasteiger charge is 2.06. The fourth-order valence-electron chi connectivity index (χ4n) is 1.93. The summed E-state index contributed by atoms with van der Waals surface area (Å²) in [7, 11) is 0. The molecule has 0 fully saturated rings. The third-order valence-electron chi connectivity index (χ3n) is 3.11. The number of ether oxygens (including phenoxy) is 2. The molecule has 2 aromatic carbocycles. The summed E-state index contributed by atoms with van der Waals surface area (Å²) in [5, 5.41) is 12.5. The van der Waals surface area contributed by atoms with Crippen molar-refractivity contribution in [1.82, 2.24) is 5.43 Å². The third-order valence-corrected chi connectivity index (χ3v) is 3.73. The molecule has 0 aliphatic carbocycles. The number of hydrogen-bond donors (Lipinski definition) is 2. The zero-order valence-corrected chi connectivity index (χ0v) is 15.5. The quantitative estimate of drug-likeness (QED) is 0.505. The van der Waals surface area contributed by atoms with E-state index in [1.54, 1.807) is 30.3 Å². The number of carboxylic acids is 1. The lowest BCUT2D eigenvalue weighted by Crippen LogP contribution is -2.24. The number of carbonyl (C=O) groups excluding carboxylic acids is 1. The van der Waals surface area contributed by atoms with Crippen molar-refractivity contribution >= 4 is 34.0 Å². The lowest BCUT2D eigenvalue weighted by atomic mass is 10.2. The van der Waals surface area contributed by atoms with Gasteiger partial charge in [0.05, 0.1) is 10.7 Å². The number of benzene rings is 2. The molecular formula is C18H17BrN2O5. The third kappa shape index (κ3) is 6.21. The summed E-state index contributed by atoms with van der Waals surface area (Å²) in [6.07, 6.45) is 1.37. The normalized spacial score (nSPS) is 10.5. The average Bonchev–Trinajstić information content (AvgIpc) is 2.60. The van der Waals surface area contributed by atoms with Gasteiger partial charge in [-0.3, -0.25) is 4.79 Å². The van der Waals surface area contributed by atoms with E-state index in [2.05, 4.69) is 26.5 Å². The van der Waals surface area contributed by atoms with Crippen LogP contribution in [0, 0.1) is 6.92 Å². The van der Waals surface area contributed by atoms with Crippen LogP contribution >= 0.6 is 15.9 Å². The summed E-state index contributed by atoms with van der Waals surface area (Å²) >= 11 is 3.37. The Kier molecular flexibility index (Phi) is 7.16. The molecule has 26 heavy (non-hydrogen) atoms. The van der Waals surface area contributed by atoms with Gasteiger partial charge in [-0.25, -0.2) is 10.2 Å². The second-order valence-corrected chi connectivity index (χ2v) is 6.09. The van der Waals surface area contributed by atoms with Crippen LogP contribution in [0.25, 0.3) is 0 Å². The molecule has 0 radical (unpaired) electrons. The smallest absolute Gasteiger partial charge is 0.341 e. The van der Waals surface area contributed by atoms with E-state index in [1.165, 1.54) is 6.21 Å². The highest BCUT2D eigenvalue weighted by atomic mass is 79.9. The first kappa shape index (κ1) is 19.5. The van der Waals surface area contributed by atoms with Crippen LogP contribution in [0.15, 0.2) is 52.0 Å². The molecule has 136 valence electrons. The van der Waals surface area contributed by atoms with Gasteiger partial charge in [-0.05, 0) is 52.7 Å². The van der Waals surface area contributed by atoms with Crippen molar-refractivity contribution in [3.8, 4) is 11.5 Å². The van der Waals surface area contributed by atoms with Crippen LogP contribution in [-0.2, 0) is 9.59 Å². The van der Waals surface area contributed by atoms with Gasteiger partial charge >= 0.3 is 5.97 Å². The molecule has 2 aromatic rings. The highest BCUT2D eigenvalue weighted by Crippen LogP contribution is 2.25. The molecule has 0 spiro atoms. The molecule has 0 atom stereocenters. The molecule has 0 unspecified atom stereocenters. The summed E-state index contributed by atoms with van der Waals surface area (Å²) in [6, 6.07) is 12.3. The first-order valence-corrected chi connectivity index (χ1v) is 8.39. The van der Waals surface area contributed by atoms with Crippen LogP contribution < -0.4 is 14.9 Å². The van der Waals surface area contributed by atoms with Gasteiger partial charge < -0.3 is 14.6 Å². The van der Waals surface area contributed by atoms with Crippen molar-refractivity contribution in [2.45, 2.75) is 6.92 Å². The summed E-state index contributed by atoms with van der Waals surface area (Å²) in [5.74, 6) is -0.600. The van der Waals surface area contributed by atoms with E-state index < -0.39 is 18.5 Å². The van der Waals surface area contributed by atoms with E-state index in [1.807, 2.05) is 19.1 Å². The molecule has 2 rings (SSSR count). The number of para-hydroxylation sites is 1. The minimum atomic E-state index is -1.08. The Balaban J connectivity index is 1.88. The van der Waals surface area contributed by atoms with Crippen molar-refractivity contribution in [2.75, 3.05) is 13.2 Å². The number of hydrogen-bond acceptors (Lipinski definition) is 5. The zero-order chi connectivity index (χ0) is 18.9. The second kappa shape index (κ2) is 9.57. The molecule has 0 aliphatic heterocycles. The predicted molar refractivity (Wildman–Crippen MR) is 99.7 cm³/mol. The number of nitrogens with one attached hydrogen (secondary N) is 1. The zero-order valence-electron chi connectivity index (χ0n) is 13.9. The Bertz CT molecular complexity index is 823. The van der Waals surface area contributed by atoms with Crippen molar-refractivity contribution in [3.05, 3.63) is 58.1 Å². The Hall–Kier alpha value is -2.87. The van der Waals surface area contributed by atoms with Crippen LogP contribution in [0.2, 0.25) is 0 Å². The summed E-state index contributed by atoms with van der Waals surface area (Å²) < 4.78 is 11.3. The maximum absolute atomic E-state index is 11.8. The van der Waals surface area contributed by atoms with Crippen LogP contribution in [0.1, 0.15) is 11.1 Å². The minimum Gasteiger partial charge on any atom is -0.483 e. The number of amides is 1. The van der Waals surface area contributed by atoms with Gasteiger partial charge in [-0.1, -0.05) is 18.2 Å². The molecule has 1 amide bonds. The van der Waals surface area contributed by atoms with Gasteiger partial charge in [0.2, 0.25) is 0 Å². The molecule has 0 saturated carbocycles. The first-order valence-electron chi connectivity index (χ1n) is 7.60. The van der Waals surface area contributed by atoms with Gasteiger partial charge in [0.1, 0.15) is 11.5 Å². The topological polar surface area (TPSA) is 97.2 Å². The van der Waals surface area contributed by atoms with Gasteiger partial charge in [-0.15, -0.1) is 0 Å². The molecule has 8 heteroatoms. The highest BCUT2D eigenvalue weighted by molar-refractivity contribution is 9.10. The molecule has 0 aromatic heterocycles. The summed E-state index contributed by atoms with van der Waals surface area (Å²) in [5.41, 5.74) is 3.95. The Labute approximate surface area is 158 Å². The van der Waals surface area contributed by atoms with Crippen molar-refractivity contribution in [1.29, 1.82) is 0 Å². The fraction of sp³-hybridized carbons (Fsp3) is 0.167. The number of nitrogens with zero attached hydrogens (tertiary/aromatic N) is 1. The maximum atomic E-state index is 11.8. The maximum Gasteiger partial charge on any atom is 0.341 e. The largest absolute Gasteiger partial charge is 0.483 e.